The van der Waals surface area contributed by atoms with Crippen molar-refractivity contribution in [2.24, 2.45) is 0 Å². The molecule has 2 aliphatic heterocycles. The third-order valence-corrected chi connectivity index (χ3v) is 4.02. The summed E-state index contributed by atoms with van der Waals surface area (Å²) in [5, 5.41) is 2.84. The molecule has 1 N–H and O–H groups in total. The van der Waals surface area contributed by atoms with Crippen LogP contribution in [0.1, 0.15) is 11.6 Å². The number of rotatable bonds is 2. The van der Waals surface area contributed by atoms with Gasteiger partial charge < -0.3 is 15.0 Å². The van der Waals surface area contributed by atoms with E-state index < -0.39 is 6.10 Å². The second-order valence-corrected chi connectivity index (χ2v) is 5.40. The predicted octanol–water partition coefficient (Wildman–Crippen LogP) is 1.97. The lowest BCUT2D eigenvalue weighted by Crippen LogP contribution is -2.61. The topological polar surface area (TPSA) is 58.6 Å². The van der Waals surface area contributed by atoms with E-state index >= 15 is 0 Å². The zero-order valence-electron chi connectivity index (χ0n) is 11.7. The number of hydrogen-bond acceptors (Lipinski definition) is 3. The monoisotopic (exact) mass is 294 g/mol. The number of nitrogens with one attached hydrogen (secondary N) is 1. The molecule has 5 nitrogen and oxygen atoms in total. The summed E-state index contributed by atoms with van der Waals surface area (Å²) in [5.74, 6) is 0.323. The first-order chi connectivity index (χ1) is 10.7. The molecular formula is C17H14N2O3. The van der Waals surface area contributed by atoms with Crippen LogP contribution in [0.2, 0.25) is 0 Å². The highest BCUT2D eigenvalue weighted by Gasteiger charge is 2.52. The summed E-state index contributed by atoms with van der Waals surface area (Å²) < 4.78 is 5.85. The number of β-lactam (4-membered cyclic amide) rings is 1. The molecule has 2 heterocycles. The standard InChI is InChI=1S/C17H14N2O3/c20-14-10-19-15(12-8-4-5-9-13(12)18-14)16(17(19)21)22-11-6-2-1-3-7-11/h1-9,15-16H,10H2,(H,18,20). The van der Waals surface area contributed by atoms with Crippen LogP contribution in [0, 0.1) is 0 Å². The summed E-state index contributed by atoms with van der Waals surface area (Å²) in [5.41, 5.74) is 1.66. The van der Waals surface area contributed by atoms with Crippen LogP contribution in [-0.4, -0.2) is 29.4 Å². The van der Waals surface area contributed by atoms with E-state index in [9.17, 15) is 9.59 Å². The Morgan fingerprint density at radius 2 is 1.73 bits per heavy atom. The molecule has 1 fully saturated rings. The minimum Gasteiger partial charge on any atom is -0.478 e. The second-order valence-electron chi connectivity index (χ2n) is 5.40. The largest absolute Gasteiger partial charge is 0.478 e. The number of carbonyl (C=O) groups excluding carboxylic acids is 2. The first-order valence-electron chi connectivity index (χ1n) is 7.15. The lowest BCUT2D eigenvalue weighted by molar-refractivity contribution is -0.165. The molecule has 2 amide bonds. The normalized spacial score (nSPS) is 22.8. The first kappa shape index (κ1) is 12.9. The van der Waals surface area contributed by atoms with Gasteiger partial charge in [-0.05, 0) is 18.2 Å². The minimum atomic E-state index is -0.587. The van der Waals surface area contributed by atoms with E-state index in [0.29, 0.717) is 5.75 Å². The van der Waals surface area contributed by atoms with Crippen molar-refractivity contribution in [2.45, 2.75) is 12.1 Å². The van der Waals surface area contributed by atoms with Gasteiger partial charge in [-0.2, -0.15) is 0 Å². The van der Waals surface area contributed by atoms with Gasteiger partial charge >= 0.3 is 0 Å². The van der Waals surface area contributed by atoms with Crippen molar-refractivity contribution in [2.75, 3.05) is 11.9 Å². The molecule has 2 atom stereocenters. The molecule has 5 heteroatoms. The van der Waals surface area contributed by atoms with Gasteiger partial charge in [-0.3, -0.25) is 9.59 Å². The van der Waals surface area contributed by atoms with Crippen molar-refractivity contribution in [1.29, 1.82) is 0 Å². The lowest BCUT2D eigenvalue weighted by atomic mass is 9.90. The second kappa shape index (κ2) is 4.87. The summed E-state index contributed by atoms with van der Waals surface area (Å²) in [6.07, 6.45) is -0.587. The number of ether oxygens (including phenoxy) is 1. The molecule has 0 aliphatic carbocycles. The van der Waals surface area contributed by atoms with E-state index in [2.05, 4.69) is 5.32 Å². The van der Waals surface area contributed by atoms with Crippen molar-refractivity contribution < 1.29 is 14.3 Å². The van der Waals surface area contributed by atoms with Gasteiger partial charge in [0.2, 0.25) is 12.0 Å². The number of para-hydroxylation sites is 2. The SMILES string of the molecule is O=C1CN2C(=O)C(Oc3ccccc3)C2c2ccccc2N1. The Kier molecular flexibility index (Phi) is 2.85. The van der Waals surface area contributed by atoms with Crippen molar-refractivity contribution >= 4 is 17.5 Å². The third-order valence-electron chi connectivity index (χ3n) is 4.02. The number of carbonyl (C=O) groups is 2. The van der Waals surface area contributed by atoms with Crippen molar-refractivity contribution in [3.63, 3.8) is 0 Å². The Hall–Kier alpha value is -2.82. The Morgan fingerprint density at radius 1 is 1.00 bits per heavy atom. The molecule has 2 aliphatic rings. The summed E-state index contributed by atoms with van der Waals surface area (Å²) in [7, 11) is 0. The fourth-order valence-electron chi connectivity index (χ4n) is 3.00. The summed E-state index contributed by atoms with van der Waals surface area (Å²) in [4.78, 5) is 25.8. The average molecular weight is 294 g/mol. The van der Waals surface area contributed by atoms with Crippen LogP contribution in [-0.2, 0) is 9.59 Å². The fraction of sp³-hybridized carbons (Fsp3) is 0.176. The molecule has 22 heavy (non-hydrogen) atoms. The molecule has 0 spiro atoms. The quantitative estimate of drug-likeness (QED) is 0.862. The molecule has 0 radical (unpaired) electrons. The zero-order valence-corrected chi connectivity index (χ0v) is 11.7. The molecule has 110 valence electrons. The number of anilines is 1. The van der Waals surface area contributed by atoms with Crippen LogP contribution in [0.4, 0.5) is 5.69 Å². The van der Waals surface area contributed by atoms with Gasteiger partial charge in [-0.25, -0.2) is 0 Å². The highest BCUT2D eigenvalue weighted by molar-refractivity contribution is 6.00. The highest BCUT2D eigenvalue weighted by atomic mass is 16.5. The Labute approximate surface area is 127 Å². The van der Waals surface area contributed by atoms with Crippen molar-refractivity contribution in [1.82, 2.24) is 4.90 Å². The Bertz CT molecular complexity index is 745. The molecule has 0 saturated carbocycles. The number of hydrogen-bond donors (Lipinski definition) is 1. The molecular weight excluding hydrogens is 280 g/mol. The maximum atomic E-state index is 12.3. The fourth-order valence-corrected chi connectivity index (χ4v) is 3.00. The van der Waals surface area contributed by atoms with E-state index in [1.165, 1.54) is 0 Å². The number of amides is 2. The highest BCUT2D eigenvalue weighted by Crippen LogP contribution is 2.41. The van der Waals surface area contributed by atoms with E-state index in [4.69, 9.17) is 4.74 Å². The van der Waals surface area contributed by atoms with E-state index in [0.717, 1.165) is 11.3 Å². The van der Waals surface area contributed by atoms with Crippen molar-refractivity contribution in [3.05, 3.63) is 60.2 Å². The van der Waals surface area contributed by atoms with Gasteiger partial charge in [0.1, 0.15) is 18.3 Å². The summed E-state index contributed by atoms with van der Waals surface area (Å²) in [6.45, 7) is 0.0623. The lowest BCUT2D eigenvalue weighted by Gasteiger charge is -2.45. The smallest absolute Gasteiger partial charge is 0.267 e. The molecule has 4 rings (SSSR count). The molecule has 2 aromatic rings. The van der Waals surface area contributed by atoms with E-state index in [1.807, 2.05) is 54.6 Å². The van der Waals surface area contributed by atoms with Gasteiger partial charge in [-0.1, -0.05) is 36.4 Å². The number of nitrogens with zero attached hydrogens (tertiary/aromatic N) is 1. The summed E-state index contributed by atoms with van der Waals surface area (Å²) >= 11 is 0. The van der Waals surface area contributed by atoms with Crippen LogP contribution in [0.25, 0.3) is 0 Å². The third kappa shape index (κ3) is 1.94. The summed E-state index contributed by atoms with van der Waals surface area (Å²) in [6, 6.07) is 16.6. The molecule has 0 bridgehead atoms. The van der Waals surface area contributed by atoms with Crippen LogP contribution in [0.3, 0.4) is 0 Å². The van der Waals surface area contributed by atoms with Crippen LogP contribution in [0.5, 0.6) is 5.75 Å². The maximum absolute atomic E-state index is 12.3. The average Bonchev–Trinajstić information content (AvgIpc) is 2.68. The molecule has 2 unspecified atom stereocenters. The maximum Gasteiger partial charge on any atom is 0.267 e. The predicted molar refractivity (Wildman–Crippen MR) is 80.4 cm³/mol. The van der Waals surface area contributed by atoms with Crippen LogP contribution in [0.15, 0.2) is 54.6 Å². The van der Waals surface area contributed by atoms with Gasteiger partial charge in [0, 0.05) is 11.3 Å². The molecule has 2 aromatic carbocycles. The van der Waals surface area contributed by atoms with Crippen LogP contribution >= 0.6 is 0 Å². The van der Waals surface area contributed by atoms with Gasteiger partial charge in [-0.15, -0.1) is 0 Å². The van der Waals surface area contributed by atoms with Crippen molar-refractivity contribution in [3.8, 4) is 5.75 Å². The minimum absolute atomic E-state index is 0.0623. The van der Waals surface area contributed by atoms with E-state index in [-0.39, 0.29) is 24.4 Å². The first-order valence-corrected chi connectivity index (χ1v) is 7.15. The molecule has 0 aromatic heterocycles. The van der Waals surface area contributed by atoms with Crippen LogP contribution < -0.4 is 10.1 Å². The number of benzene rings is 2. The van der Waals surface area contributed by atoms with Gasteiger partial charge in [0.05, 0.1) is 0 Å². The Morgan fingerprint density at radius 3 is 2.55 bits per heavy atom. The van der Waals surface area contributed by atoms with Gasteiger partial charge in [0.25, 0.3) is 5.91 Å². The Balaban J connectivity index is 1.69. The number of fused-ring (bicyclic) bond motifs is 3. The molecule has 1 saturated heterocycles. The zero-order chi connectivity index (χ0) is 15.1. The van der Waals surface area contributed by atoms with E-state index in [1.54, 1.807) is 4.90 Å². The van der Waals surface area contributed by atoms with Gasteiger partial charge in [0.15, 0.2) is 0 Å².